The molecule has 1 aliphatic heterocycles. The van der Waals surface area contributed by atoms with Crippen LogP contribution in [0, 0.1) is 5.92 Å². The Morgan fingerprint density at radius 2 is 2.00 bits per heavy atom. The van der Waals surface area contributed by atoms with E-state index in [1.807, 2.05) is 24.3 Å². The highest BCUT2D eigenvalue weighted by molar-refractivity contribution is 5.84. The second-order valence-corrected chi connectivity index (χ2v) is 4.62. The van der Waals surface area contributed by atoms with Gasteiger partial charge in [-0.05, 0) is 18.9 Å². The molecule has 1 N–H and O–H groups in total. The third-order valence-electron chi connectivity index (χ3n) is 3.81. The lowest BCUT2D eigenvalue weighted by Crippen LogP contribution is -2.53. The van der Waals surface area contributed by atoms with Gasteiger partial charge in [0.1, 0.15) is 5.75 Å². The van der Waals surface area contributed by atoms with E-state index in [1.54, 1.807) is 0 Å². The van der Waals surface area contributed by atoms with Gasteiger partial charge in [0.2, 0.25) is 5.60 Å². The van der Waals surface area contributed by atoms with Crippen molar-refractivity contribution in [1.82, 2.24) is 0 Å². The molecule has 1 aromatic rings. The number of rotatable bonds is 2. The van der Waals surface area contributed by atoms with Crippen LogP contribution in [0.15, 0.2) is 24.3 Å². The lowest BCUT2D eigenvalue weighted by atomic mass is 9.76. The molecule has 0 saturated heterocycles. The molecule has 3 rings (SSSR count). The van der Waals surface area contributed by atoms with Crippen LogP contribution in [-0.4, -0.2) is 11.1 Å². The molecule has 1 heterocycles. The Hall–Kier alpha value is -1.51. The molecule has 3 nitrogen and oxygen atoms in total. The Balaban J connectivity index is 2.04. The Labute approximate surface area is 94.0 Å². The van der Waals surface area contributed by atoms with Gasteiger partial charge >= 0.3 is 5.97 Å². The van der Waals surface area contributed by atoms with Gasteiger partial charge < -0.3 is 9.84 Å². The third-order valence-corrected chi connectivity index (χ3v) is 3.81. The van der Waals surface area contributed by atoms with Gasteiger partial charge in [-0.2, -0.15) is 0 Å². The fourth-order valence-corrected chi connectivity index (χ4v) is 3.01. The van der Waals surface area contributed by atoms with Gasteiger partial charge in [-0.3, -0.25) is 0 Å². The van der Waals surface area contributed by atoms with E-state index in [0.717, 1.165) is 37.0 Å². The fourth-order valence-electron chi connectivity index (χ4n) is 3.01. The molecule has 0 spiro atoms. The number of fused-ring (bicyclic) bond motifs is 1. The number of carbonyl (C=O) groups is 1. The van der Waals surface area contributed by atoms with Crippen LogP contribution in [0.25, 0.3) is 0 Å². The summed E-state index contributed by atoms with van der Waals surface area (Å²) in [6.07, 6.45) is 4.15. The predicted octanol–water partition coefficient (Wildman–Crippen LogP) is 2.55. The molecule has 0 amide bonds. The Bertz CT molecular complexity index is 435. The molecule has 0 bridgehead atoms. The summed E-state index contributed by atoms with van der Waals surface area (Å²) in [5.74, 6) is 0.0369. The molecule has 1 atom stereocenters. The highest BCUT2D eigenvalue weighted by atomic mass is 16.5. The van der Waals surface area contributed by atoms with Crippen molar-refractivity contribution in [2.24, 2.45) is 5.92 Å². The van der Waals surface area contributed by atoms with Crippen LogP contribution in [0.2, 0.25) is 0 Å². The van der Waals surface area contributed by atoms with Crippen LogP contribution < -0.4 is 4.74 Å². The Morgan fingerprint density at radius 1 is 1.31 bits per heavy atom. The normalized spacial score (nSPS) is 28.0. The summed E-state index contributed by atoms with van der Waals surface area (Å²) in [5, 5.41) is 9.47. The molecule has 3 heteroatoms. The molecule has 84 valence electrons. The second-order valence-electron chi connectivity index (χ2n) is 4.62. The van der Waals surface area contributed by atoms with E-state index in [9.17, 15) is 9.90 Å². The monoisotopic (exact) mass is 218 g/mol. The van der Waals surface area contributed by atoms with Crippen molar-refractivity contribution < 1.29 is 14.6 Å². The number of ether oxygens (including phenoxy) is 1. The van der Waals surface area contributed by atoms with Crippen molar-refractivity contribution >= 4 is 5.97 Å². The maximum atomic E-state index is 11.5. The minimum Gasteiger partial charge on any atom is -0.478 e. The van der Waals surface area contributed by atoms with E-state index >= 15 is 0 Å². The van der Waals surface area contributed by atoms with Crippen LogP contribution in [0.1, 0.15) is 31.2 Å². The van der Waals surface area contributed by atoms with Crippen LogP contribution in [0.5, 0.6) is 5.75 Å². The van der Waals surface area contributed by atoms with Crippen molar-refractivity contribution in [3.63, 3.8) is 0 Å². The zero-order valence-corrected chi connectivity index (χ0v) is 8.98. The summed E-state index contributed by atoms with van der Waals surface area (Å²) < 4.78 is 5.62. The fraction of sp³-hybridized carbons (Fsp3) is 0.462. The number of carboxylic acid groups (broad SMARTS) is 1. The number of aliphatic carboxylic acids is 1. The maximum absolute atomic E-state index is 11.5. The first-order valence-electron chi connectivity index (χ1n) is 5.77. The maximum Gasteiger partial charge on any atom is 0.353 e. The van der Waals surface area contributed by atoms with Crippen molar-refractivity contribution in [1.29, 1.82) is 0 Å². The van der Waals surface area contributed by atoms with E-state index in [-0.39, 0.29) is 5.92 Å². The molecule has 1 unspecified atom stereocenters. The number of para-hydroxylation sites is 1. The van der Waals surface area contributed by atoms with Gasteiger partial charge in [0.05, 0.1) is 0 Å². The van der Waals surface area contributed by atoms with E-state index in [4.69, 9.17) is 4.74 Å². The summed E-state index contributed by atoms with van der Waals surface area (Å²) in [5.41, 5.74) is -0.193. The minimum absolute atomic E-state index is 0.139. The van der Waals surface area contributed by atoms with Gasteiger partial charge in [-0.25, -0.2) is 4.79 Å². The van der Waals surface area contributed by atoms with Crippen molar-refractivity contribution in [3.05, 3.63) is 29.8 Å². The molecule has 1 fully saturated rings. The van der Waals surface area contributed by atoms with Crippen LogP contribution >= 0.6 is 0 Å². The lowest BCUT2D eigenvalue weighted by Gasteiger charge is -2.44. The third kappa shape index (κ3) is 1.06. The van der Waals surface area contributed by atoms with E-state index in [1.165, 1.54) is 0 Å². The van der Waals surface area contributed by atoms with Gasteiger partial charge in [-0.1, -0.05) is 31.0 Å². The van der Waals surface area contributed by atoms with Crippen LogP contribution in [-0.2, 0) is 10.4 Å². The van der Waals surface area contributed by atoms with Gasteiger partial charge in [0.15, 0.2) is 0 Å². The summed E-state index contributed by atoms with van der Waals surface area (Å²) in [6, 6.07) is 7.48. The van der Waals surface area contributed by atoms with E-state index in [0.29, 0.717) is 0 Å². The highest BCUT2D eigenvalue weighted by Crippen LogP contribution is 2.53. The molecule has 0 radical (unpaired) electrons. The number of carboxylic acids is 1. The van der Waals surface area contributed by atoms with Crippen molar-refractivity contribution in [3.8, 4) is 5.75 Å². The molecule has 2 aliphatic rings. The number of hydrogen-bond acceptors (Lipinski definition) is 2. The molecular weight excluding hydrogens is 204 g/mol. The van der Waals surface area contributed by atoms with E-state index < -0.39 is 11.6 Å². The van der Waals surface area contributed by atoms with Gasteiger partial charge in [0.25, 0.3) is 0 Å². The Morgan fingerprint density at radius 3 is 2.62 bits per heavy atom. The van der Waals surface area contributed by atoms with Gasteiger partial charge in [0, 0.05) is 11.5 Å². The largest absolute Gasteiger partial charge is 0.478 e. The lowest BCUT2D eigenvalue weighted by molar-refractivity contribution is -0.169. The summed E-state index contributed by atoms with van der Waals surface area (Å²) in [4.78, 5) is 11.5. The summed E-state index contributed by atoms with van der Waals surface area (Å²) >= 11 is 0. The molecule has 0 aromatic heterocycles. The molecule has 1 aliphatic carbocycles. The SMILES string of the molecule is O=C(O)C1(C2CCCC2)Oc2ccccc21. The zero-order chi connectivity index (χ0) is 11.2. The first-order valence-corrected chi connectivity index (χ1v) is 5.77. The summed E-state index contributed by atoms with van der Waals surface area (Å²) in [6.45, 7) is 0. The van der Waals surface area contributed by atoms with Gasteiger partial charge in [-0.15, -0.1) is 0 Å². The average molecular weight is 218 g/mol. The smallest absolute Gasteiger partial charge is 0.353 e. The quantitative estimate of drug-likeness (QED) is 0.829. The zero-order valence-electron chi connectivity index (χ0n) is 8.98. The number of benzene rings is 1. The highest BCUT2D eigenvalue weighted by Gasteiger charge is 2.57. The molecule has 1 saturated carbocycles. The molecule has 16 heavy (non-hydrogen) atoms. The number of hydrogen-bond donors (Lipinski definition) is 1. The molecular formula is C13H14O3. The first kappa shape index (κ1) is 9.70. The molecule has 1 aromatic carbocycles. The first-order chi connectivity index (χ1) is 7.75. The van der Waals surface area contributed by atoms with Crippen LogP contribution in [0.3, 0.4) is 0 Å². The topological polar surface area (TPSA) is 46.5 Å². The minimum atomic E-state index is -1.05. The van der Waals surface area contributed by atoms with E-state index in [2.05, 4.69) is 0 Å². The standard InChI is InChI=1S/C13H14O3/c14-12(15)13(9-5-1-2-6-9)10-7-3-4-8-11(10)16-13/h3-4,7-9H,1-2,5-6H2,(H,14,15). The van der Waals surface area contributed by atoms with Crippen molar-refractivity contribution in [2.75, 3.05) is 0 Å². The second kappa shape index (κ2) is 3.24. The van der Waals surface area contributed by atoms with Crippen molar-refractivity contribution in [2.45, 2.75) is 31.3 Å². The Kier molecular flexibility index (Phi) is 1.96. The summed E-state index contributed by atoms with van der Waals surface area (Å²) in [7, 11) is 0. The predicted molar refractivity (Wildman–Crippen MR) is 58.3 cm³/mol. The average Bonchev–Trinajstić information content (AvgIpc) is 2.73. The van der Waals surface area contributed by atoms with Crippen LogP contribution in [0.4, 0.5) is 0 Å².